The topological polar surface area (TPSA) is 121 Å². The molecule has 0 saturated carbocycles. The Morgan fingerprint density at radius 1 is 1.24 bits per heavy atom. The summed E-state index contributed by atoms with van der Waals surface area (Å²) in [5.41, 5.74) is 4.88. The minimum atomic E-state index is -0.526. The Morgan fingerprint density at radius 2 is 1.97 bits per heavy atom. The molecule has 2 amide bonds. The van der Waals surface area contributed by atoms with E-state index in [1.54, 1.807) is 30.3 Å². The first-order valence-corrected chi connectivity index (χ1v) is 8.88. The number of nitrogens with one attached hydrogen (secondary N) is 2. The van der Waals surface area contributed by atoms with Crippen LogP contribution in [-0.2, 0) is 9.59 Å². The standard InChI is InChI=1S/C21H18N4O4/c1-12-9-19(27)24-25-20(12)16-7-8-18(29-13(2)26)17(10-16)23-21(28)15-5-3-14(11-22)4-6-15/h3-8,10,12H,9H2,1-2H3,(H,23,28)(H,24,27). The summed E-state index contributed by atoms with van der Waals surface area (Å²) in [5, 5.41) is 15.7. The number of nitrogens with zero attached hydrogens (tertiary/aromatic N) is 2. The van der Waals surface area contributed by atoms with Crippen molar-refractivity contribution in [1.82, 2.24) is 5.43 Å². The fourth-order valence-corrected chi connectivity index (χ4v) is 2.92. The van der Waals surface area contributed by atoms with E-state index in [2.05, 4.69) is 15.8 Å². The van der Waals surface area contributed by atoms with Crippen molar-refractivity contribution < 1.29 is 19.1 Å². The summed E-state index contributed by atoms with van der Waals surface area (Å²) < 4.78 is 5.20. The number of ether oxygens (including phenoxy) is 1. The lowest BCUT2D eigenvalue weighted by Gasteiger charge is -2.20. The summed E-state index contributed by atoms with van der Waals surface area (Å²) in [7, 11) is 0. The van der Waals surface area contributed by atoms with Crippen LogP contribution in [0.15, 0.2) is 47.6 Å². The zero-order valence-electron chi connectivity index (χ0n) is 15.9. The highest BCUT2D eigenvalue weighted by atomic mass is 16.5. The normalized spacial score (nSPS) is 15.6. The molecule has 8 nitrogen and oxygen atoms in total. The molecule has 0 spiro atoms. The number of rotatable bonds is 4. The third kappa shape index (κ3) is 4.65. The highest BCUT2D eigenvalue weighted by Crippen LogP contribution is 2.29. The number of amides is 2. The Morgan fingerprint density at radius 3 is 2.59 bits per heavy atom. The van der Waals surface area contributed by atoms with Crippen molar-refractivity contribution in [2.75, 3.05) is 5.32 Å². The molecule has 2 aromatic carbocycles. The third-order valence-corrected chi connectivity index (χ3v) is 4.31. The Kier molecular flexibility index (Phi) is 5.69. The van der Waals surface area contributed by atoms with Gasteiger partial charge in [-0.1, -0.05) is 6.92 Å². The molecular formula is C21H18N4O4. The molecule has 2 N–H and O–H groups in total. The number of hydrogen-bond donors (Lipinski definition) is 2. The molecule has 2 aromatic rings. The van der Waals surface area contributed by atoms with Gasteiger partial charge in [0.1, 0.15) is 0 Å². The first-order valence-electron chi connectivity index (χ1n) is 8.88. The van der Waals surface area contributed by atoms with Crippen molar-refractivity contribution >= 4 is 29.2 Å². The highest BCUT2D eigenvalue weighted by Gasteiger charge is 2.23. The second-order valence-electron chi connectivity index (χ2n) is 6.59. The van der Waals surface area contributed by atoms with Crippen LogP contribution in [-0.4, -0.2) is 23.5 Å². The van der Waals surface area contributed by atoms with Gasteiger partial charge in [0.05, 0.1) is 23.0 Å². The van der Waals surface area contributed by atoms with E-state index in [0.29, 0.717) is 34.5 Å². The molecule has 0 fully saturated rings. The fraction of sp³-hybridized carbons (Fsp3) is 0.190. The lowest BCUT2D eigenvalue weighted by atomic mass is 9.93. The summed E-state index contributed by atoms with van der Waals surface area (Å²) in [6, 6.07) is 13.1. The summed E-state index contributed by atoms with van der Waals surface area (Å²) in [4.78, 5) is 35.5. The number of hydrogen-bond acceptors (Lipinski definition) is 6. The molecule has 8 heteroatoms. The maximum Gasteiger partial charge on any atom is 0.308 e. The molecule has 1 atom stereocenters. The van der Waals surface area contributed by atoms with Crippen LogP contribution in [0.5, 0.6) is 5.75 Å². The average Bonchev–Trinajstić information content (AvgIpc) is 2.69. The first kappa shape index (κ1) is 19.8. The molecule has 0 bridgehead atoms. The quantitative estimate of drug-likeness (QED) is 0.614. The van der Waals surface area contributed by atoms with Gasteiger partial charge in [-0.25, -0.2) is 5.43 Å². The van der Waals surface area contributed by atoms with E-state index in [9.17, 15) is 14.4 Å². The zero-order valence-corrected chi connectivity index (χ0v) is 15.9. The summed E-state index contributed by atoms with van der Waals surface area (Å²) in [6.45, 7) is 3.15. The predicted molar refractivity (Wildman–Crippen MR) is 105 cm³/mol. The van der Waals surface area contributed by atoms with Crippen LogP contribution >= 0.6 is 0 Å². The van der Waals surface area contributed by atoms with E-state index < -0.39 is 11.9 Å². The van der Waals surface area contributed by atoms with Gasteiger partial charge in [0, 0.05) is 30.4 Å². The summed E-state index contributed by atoms with van der Waals surface area (Å²) >= 11 is 0. The first-order chi connectivity index (χ1) is 13.9. The van der Waals surface area contributed by atoms with Gasteiger partial charge in [-0.2, -0.15) is 10.4 Å². The van der Waals surface area contributed by atoms with E-state index in [1.807, 2.05) is 13.0 Å². The van der Waals surface area contributed by atoms with Gasteiger partial charge in [0.2, 0.25) is 5.91 Å². The van der Waals surface area contributed by atoms with Crippen LogP contribution in [0.4, 0.5) is 5.69 Å². The SMILES string of the molecule is CC(=O)Oc1ccc(C2=NNC(=O)CC2C)cc1NC(=O)c1ccc(C#N)cc1. The maximum absolute atomic E-state index is 12.6. The lowest BCUT2D eigenvalue weighted by Crippen LogP contribution is -2.32. The van der Waals surface area contributed by atoms with Crippen molar-refractivity contribution in [3.05, 3.63) is 59.2 Å². The Balaban J connectivity index is 1.93. The fourth-order valence-electron chi connectivity index (χ4n) is 2.92. The molecule has 0 aliphatic carbocycles. The van der Waals surface area contributed by atoms with Gasteiger partial charge in [0.15, 0.2) is 5.75 Å². The molecule has 1 aliphatic heterocycles. The second kappa shape index (κ2) is 8.35. The van der Waals surface area contributed by atoms with Gasteiger partial charge in [0.25, 0.3) is 5.91 Å². The number of carbonyl (C=O) groups excluding carboxylic acids is 3. The van der Waals surface area contributed by atoms with E-state index in [-0.39, 0.29) is 17.6 Å². The van der Waals surface area contributed by atoms with Crippen molar-refractivity contribution in [2.45, 2.75) is 20.3 Å². The number of benzene rings is 2. The van der Waals surface area contributed by atoms with Crippen molar-refractivity contribution in [1.29, 1.82) is 5.26 Å². The summed E-state index contributed by atoms with van der Waals surface area (Å²) in [5.74, 6) is -1.02. The second-order valence-corrected chi connectivity index (χ2v) is 6.59. The van der Waals surface area contributed by atoms with Crippen LogP contribution in [0.25, 0.3) is 0 Å². The average molecular weight is 390 g/mol. The van der Waals surface area contributed by atoms with E-state index >= 15 is 0 Å². The molecule has 0 saturated heterocycles. The van der Waals surface area contributed by atoms with Gasteiger partial charge in [-0.3, -0.25) is 14.4 Å². The van der Waals surface area contributed by atoms with Gasteiger partial charge < -0.3 is 10.1 Å². The number of anilines is 1. The maximum atomic E-state index is 12.6. The largest absolute Gasteiger partial charge is 0.424 e. The van der Waals surface area contributed by atoms with Gasteiger partial charge in [-0.15, -0.1) is 0 Å². The van der Waals surface area contributed by atoms with Crippen LogP contribution in [0, 0.1) is 17.2 Å². The Labute approximate surface area is 167 Å². The Hall–Kier alpha value is -3.99. The number of hydrazone groups is 1. The Bertz CT molecular complexity index is 1050. The van der Waals surface area contributed by atoms with Crippen molar-refractivity contribution in [2.24, 2.45) is 11.0 Å². The van der Waals surface area contributed by atoms with Crippen molar-refractivity contribution in [3.63, 3.8) is 0 Å². The molecular weight excluding hydrogens is 372 g/mol. The van der Waals surface area contributed by atoms with Crippen LogP contribution in [0.3, 0.4) is 0 Å². The molecule has 0 radical (unpaired) electrons. The zero-order chi connectivity index (χ0) is 21.0. The van der Waals surface area contributed by atoms with E-state index in [0.717, 1.165) is 0 Å². The number of esters is 1. The molecule has 1 aliphatic rings. The van der Waals surface area contributed by atoms with Crippen molar-refractivity contribution in [3.8, 4) is 11.8 Å². The third-order valence-electron chi connectivity index (χ3n) is 4.31. The van der Waals surface area contributed by atoms with Gasteiger partial charge >= 0.3 is 5.97 Å². The van der Waals surface area contributed by atoms with Gasteiger partial charge in [-0.05, 0) is 42.5 Å². The minimum absolute atomic E-state index is 0.106. The van der Waals surface area contributed by atoms with Crippen LogP contribution < -0.4 is 15.5 Å². The number of nitriles is 1. The predicted octanol–water partition coefficient (Wildman–Crippen LogP) is 2.60. The number of carbonyl (C=O) groups is 3. The summed E-state index contributed by atoms with van der Waals surface area (Å²) in [6.07, 6.45) is 0.303. The molecule has 1 unspecified atom stereocenters. The van der Waals surface area contributed by atoms with Crippen LogP contribution in [0.1, 0.15) is 41.8 Å². The molecule has 1 heterocycles. The highest BCUT2D eigenvalue weighted by molar-refractivity contribution is 6.09. The monoisotopic (exact) mass is 390 g/mol. The van der Waals surface area contributed by atoms with E-state index in [1.165, 1.54) is 19.1 Å². The van der Waals surface area contributed by atoms with Crippen LogP contribution in [0.2, 0.25) is 0 Å². The smallest absolute Gasteiger partial charge is 0.308 e. The molecule has 146 valence electrons. The molecule has 0 aromatic heterocycles. The minimum Gasteiger partial charge on any atom is -0.424 e. The lowest BCUT2D eigenvalue weighted by molar-refractivity contribution is -0.131. The van der Waals surface area contributed by atoms with E-state index in [4.69, 9.17) is 10.00 Å². The molecule has 29 heavy (non-hydrogen) atoms. The molecule has 3 rings (SSSR count).